The number of hydrogen-bond donors (Lipinski definition) is 3. The highest BCUT2D eigenvalue weighted by Crippen LogP contribution is 2.34. The topological polar surface area (TPSA) is 139 Å². The molecule has 44 heavy (non-hydrogen) atoms. The molecule has 0 saturated heterocycles. The second-order valence-electron chi connectivity index (χ2n) is 11.7. The summed E-state index contributed by atoms with van der Waals surface area (Å²) in [5.41, 5.74) is 4.60. The number of amides is 2. The highest BCUT2D eigenvalue weighted by Gasteiger charge is 2.27. The lowest BCUT2D eigenvalue weighted by molar-refractivity contribution is -0.141. The van der Waals surface area contributed by atoms with Crippen LogP contribution < -0.4 is 16.3 Å². The van der Waals surface area contributed by atoms with Gasteiger partial charge in [0.1, 0.15) is 29.0 Å². The number of nitrogens with one attached hydrogen (secondary N) is 2. The standard InChI is InChI=1S/C34H40N2O7S/c1-18(2)14-27(32(38)36-28(33(39)40)17-44-16-23-10-8-7-9-11-23)35-29(37)13-12-24-20(4)26-15-25-19(3)22(6)42-30(25)21(5)31(26)43-34(24)41/h7-11,15,18,27-28H,12-14,16-17H2,1-6H3,(H,35,37)(H,36,38)(H,39,40)/t27-,28-/m1/s1. The van der Waals surface area contributed by atoms with E-state index < -0.39 is 35.5 Å². The summed E-state index contributed by atoms with van der Waals surface area (Å²) >= 11 is 1.41. The van der Waals surface area contributed by atoms with Gasteiger partial charge in [0.2, 0.25) is 11.8 Å². The number of benzene rings is 2. The first kappa shape index (κ1) is 32.9. The summed E-state index contributed by atoms with van der Waals surface area (Å²) in [6, 6.07) is 9.60. The van der Waals surface area contributed by atoms with E-state index in [1.165, 1.54) is 11.8 Å². The van der Waals surface area contributed by atoms with E-state index in [9.17, 15) is 24.3 Å². The minimum Gasteiger partial charge on any atom is -0.480 e. The lowest BCUT2D eigenvalue weighted by Crippen LogP contribution is -2.52. The molecule has 0 bridgehead atoms. The van der Waals surface area contributed by atoms with Crippen LogP contribution in [0.15, 0.2) is 50.0 Å². The average Bonchev–Trinajstić information content (AvgIpc) is 3.26. The van der Waals surface area contributed by atoms with Crippen LogP contribution >= 0.6 is 11.8 Å². The average molecular weight is 621 g/mol. The molecule has 0 unspecified atom stereocenters. The number of thioether (sulfide) groups is 1. The fraction of sp³-hybridized carbons (Fsp3) is 0.412. The van der Waals surface area contributed by atoms with Crippen molar-refractivity contribution in [3.8, 4) is 0 Å². The third-order valence-corrected chi connectivity index (χ3v) is 9.02. The number of carboxylic acid groups (broad SMARTS) is 1. The highest BCUT2D eigenvalue weighted by atomic mass is 32.2. The van der Waals surface area contributed by atoms with Crippen LogP contribution in [0.25, 0.3) is 21.9 Å². The molecule has 0 aliphatic heterocycles. The Morgan fingerprint density at radius 2 is 1.55 bits per heavy atom. The second kappa shape index (κ2) is 14.2. The van der Waals surface area contributed by atoms with Crippen molar-refractivity contribution in [2.24, 2.45) is 5.92 Å². The molecule has 3 N–H and O–H groups in total. The SMILES string of the molecule is Cc1oc2c(C)c3oc(=O)c(CCC(=O)N[C@H](CC(C)C)C(=O)N[C@H](CSCc4ccccc4)C(=O)O)c(C)c3cc2c1C. The van der Waals surface area contributed by atoms with Crippen LogP contribution in [-0.4, -0.2) is 40.7 Å². The maximum atomic E-state index is 13.2. The number of carboxylic acids is 1. The number of aliphatic carboxylic acids is 1. The summed E-state index contributed by atoms with van der Waals surface area (Å²) in [6.07, 6.45) is 0.413. The smallest absolute Gasteiger partial charge is 0.339 e. The zero-order valence-electron chi connectivity index (χ0n) is 26.0. The summed E-state index contributed by atoms with van der Waals surface area (Å²) in [5, 5.41) is 16.8. The molecule has 4 aromatic rings. The van der Waals surface area contributed by atoms with Crippen molar-refractivity contribution in [2.75, 3.05) is 5.75 Å². The van der Waals surface area contributed by atoms with Gasteiger partial charge >= 0.3 is 11.6 Å². The zero-order chi connectivity index (χ0) is 32.1. The van der Waals surface area contributed by atoms with Gasteiger partial charge in [0.25, 0.3) is 0 Å². The molecule has 0 aliphatic carbocycles. The Labute approximate surface area is 260 Å². The van der Waals surface area contributed by atoms with Crippen LogP contribution in [0.1, 0.15) is 60.3 Å². The molecule has 0 saturated carbocycles. The van der Waals surface area contributed by atoms with Crippen molar-refractivity contribution < 1.29 is 28.3 Å². The fourth-order valence-electron chi connectivity index (χ4n) is 5.31. The summed E-state index contributed by atoms with van der Waals surface area (Å²) < 4.78 is 11.6. The number of hydrogen-bond acceptors (Lipinski definition) is 7. The molecule has 4 rings (SSSR count). The quantitative estimate of drug-likeness (QED) is 0.161. The Morgan fingerprint density at radius 3 is 2.20 bits per heavy atom. The van der Waals surface area contributed by atoms with Crippen molar-refractivity contribution in [2.45, 2.75) is 78.6 Å². The number of aryl methyl sites for hydroxylation is 4. The van der Waals surface area contributed by atoms with E-state index in [1.54, 1.807) is 0 Å². The Kier molecular flexibility index (Phi) is 10.6. The van der Waals surface area contributed by atoms with Gasteiger partial charge in [-0.15, -0.1) is 0 Å². The number of fused-ring (bicyclic) bond motifs is 2. The number of rotatable bonds is 13. The van der Waals surface area contributed by atoms with E-state index in [0.717, 1.165) is 38.8 Å². The van der Waals surface area contributed by atoms with Gasteiger partial charge in [-0.25, -0.2) is 9.59 Å². The minimum atomic E-state index is -1.14. The molecular weight excluding hydrogens is 580 g/mol. The Hall–Kier alpha value is -4.05. The number of furan rings is 1. The van der Waals surface area contributed by atoms with Crippen LogP contribution in [-0.2, 0) is 26.6 Å². The highest BCUT2D eigenvalue weighted by molar-refractivity contribution is 7.98. The fourth-order valence-corrected chi connectivity index (χ4v) is 6.31. The van der Waals surface area contributed by atoms with Gasteiger partial charge in [-0.3, -0.25) is 9.59 Å². The molecule has 2 amide bonds. The Morgan fingerprint density at radius 1 is 0.886 bits per heavy atom. The summed E-state index contributed by atoms with van der Waals surface area (Å²) in [7, 11) is 0. The first-order valence-electron chi connectivity index (χ1n) is 14.8. The molecule has 2 atom stereocenters. The Balaban J connectivity index is 1.44. The van der Waals surface area contributed by atoms with E-state index in [2.05, 4.69) is 10.6 Å². The summed E-state index contributed by atoms with van der Waals surface area (Å²) in [6.45, 7) is 11.4. The maximum Gasteiger partial charge on any atom is 0.339 e. The van der Waals surface area contributed by atoms with Gasteiger partial charge in [0, 0.05) is 39.8 Å². The van der Waals surface area contributed by atoms with Crippen molar-refractivity contribution in [3.05, 3.63) is 80.4 Å². The van der Waals surface area contributed by atoms with Crippen LogP contribution in [0.4, 0.5) is 0 Å². The van der Waals surface area contributed by atoms with Gasteiger partial charge in [0.05, 0.1) is 0 Å². The molecule has 10 heteroatoms. The summed E-state index contributed by atoms with van der Waals surface area (Å²) in [4.78, 5) is 51.2. The van der Waals surface area contributed by atoms with Gasteiger partial charge in [-0.1, -0.05) is 44.2 Å². The van der Waals surface area contributed by atoms with Crippen molar-refractivity contribution in [1.29, 1.82) is 0 Å². The molecule has 0 aliphatic rings. The predicted octanol–water partition coefficient (Wildman–Crippen LogP) is 5.74. The third kappa shape index (κ3) is 7.53. The molecule has 2 heterocycles. The van der Waals surface area contributed by atoms with E-state index in [4.69, 9.17) is 8.83 Å². The number of carbonyl (C=O) groups excluding carboxylic acids is 2. The van der Waals surface area contributed by atoms with Gasteiger partial charge in [-0.2, -0.15) is 11.8 Å². The predicted molar refractivity (Wildman–Crippen MR) is 173 cm³/mol. The van der Waals surface area contributed by atoms with Crippen LogP contribution in [0.5, 0.6) is 0 Å². The van der Waals surface area contributed by atoms with E-state index in [1.807, 2.05) is 77.9 Å². The van der Waals surface area contributed by atoms with Crippen molar-refractivity contribution in [1.82, 2.24) is 10.6 Å². The van der Waals surface area contributed by atoms with Crippen LogP contribution in [0.2, 0.25) is 0 Å². The van der Waals surface area contributed by atoms with E-state index in [0.29, 0.717) is 28.9 Å². The molecular formula is C34H40N2O7S. The second-order valence-corrected chi connectivity index (χ2v) is 12.7. The first-order valence-corrected chi connectivity index (χ1v) is 15.9. The van der Waals surface area contributed by atoms with E-state index in [-0.39, 0.29) is 24.5 Å². The summed E-state index contributed by atoms with van der Waals surface area (Å²) in [5.74, 6) is -0.447. The van der Waals surface area contributed by atoms with Gasteiger partial charge in [0.15, 0.2) is 0 Å². The molecule has 2 aromatic carbocycles. The molecule has 0 radical (unpaired) electrons. The van der Waals surface area contributed by atoms with Crippen molar-refractivity contribution in [3.63, 3.8) is 0 Å². The molecule has 0 spiro atoms. The van der Waals surface area contributed by atoms with Gasteiger partial charge < -0.3 is 24.6 Å². The van der Waals surface area contributed by atoms with Crippen LogP contribution in [0, 0.1) is 33.6 Å². The maximum absolute atomic E-state index is 13.2. The molecule has 9 nitrogen and oxygen atoms in total. The molecule has 2 aromatic heterocycles. The lowest BCUT2D eigenvalue weighted by Gasteiger charge is -2.23. The zero-order valence-corrected chi connectivity index (χ0v) is 26.9. The lowest BCUT2D eigenvalue weighted by atomic mass is 9.98. The van der Waals surface area contributed by atoms with Crippen LogP contribution in [0.3, 0.4) is 0 Å². The Bertz CT molecular complexity index is 1740. The minimum absolute atomic E-state index is 0.0423. The number of carbonyl (C=O) groups is 3. The monoisotopic (exact) mass is 620 g/mol. The molecule has 234 valence electrons. The largest absolute Gasteiger partial charge is 0.480 e. The normalized spacial score (nSPS) is 12.9. The van der Waals surface area contributed by atoms with Crippen molar-refractivity contribution >= 4 is 51.5 Å². The molecule has 0 fully saturated rings. The first-order chi connectivity index (χ1) is 20.9. The van der Waals surface area contributed by atoms with E-state index >= 15 is 0 Å². The van der Waals surface area contributed by atoms with Gasteiger partial charge in [-0.05, 0) is 69.2 Å². The third-order valence-electron chi connectivity index (χ3n) is 7.92.